The predicted molar refractivity (Wildman–Crippen MR) is 134 cm³/mol. The van der Waals surface area contributed by atoms with Gasteiger partial charge in [-0.2, -0.15) is 5.26 Å². The number of nitrogens with zero attached hydrogens (tertiary/aromatic N) is 4. The van der Waals surface area contributed by atoms with Gasteiger partial charge in [0.25, 0.3) is 0 Å². The highest BCUT2D eigenvalue weighted by molar-refractivity contribution is 6.29. The van der Waals surface area contributed by atoms with Crippen LogP contribution >= 0.6 is 11.6 Å². The summed E-state index contributed by atoms with van der Waals surface area (Å²) in [6.45, 7) is 13.3. The fourth-order valence-corrected chi connectivity index (χ4v) is 3.01. The normalized spacial score (nSPS) is 10.1. The standard InChI is InChI=1S/C21H20ClN5O2.2C2H6/c1-21(2,3)29-20(28)26-18-11-14(10-17(22)25-18)15-6-5-13(12-23)9-16(15)19-24-7-8-27(19)4;2*1-2/h5-11H,1-4H3,(H,25,26,28);2*1-2H3. The van der Waals surface area contributed by atoms with Crippen LogP contribution < -0.4 is 5.32 Å². The van der Waals surface area contributed by atoms with Gasteiger partial charge in [-0.3, -0.25) is 5.32 Å². The lowest BCUT2D eigenvalue weighted by atomic mass is 9.97. The maximum absolute atomic E-state index is 12.1. The lowest BCUT2D eigenvalue weighted by Gasteiger charge is -2.19. The van der Waals surface area contributed by atoms with E-state index in [2.05, 4.69) is 21.4 Å². The molecule has 0 radical (unpaired) electrons. The van der Waals surface area contributed by atoms with E-state index in [1.165, 1.54) is 0 Å². The number of carbonyl (C=O) groups excluding carboxylic acids is 1. The summed E-state index contributed by atoms with van der Waals surface area (Å²) in [5.41, 5.74) is 2.17. The number of halogens is 1. The van der Waals surface area contributed by atoms with Crippen LogP contribution in [-0.4, -0.2) is 26.2 Å². The molecule has 3 aromatic rings. The molecule has 0 atom stereocenters. The van der Waals surface area contributed by atoms with Crippen molar-refractivity contribution in [3.8, 4) is 28.6 Å². The van der Waals surface area contributed by atoms with Crippen LogP contribution in [-0.2, 0) is 11.8 Å². The van der Waals surface area contributed by atoms with Crippen molar-refractivity contribution >= 4 is 23.5 Å². The zero-order chi connectivity index (χ0) is 25.2. The molecule has 0 aliphatic heterocycles. The Balaban J connectivity index is 0.00000129. The largest absolute Gasteiger partial charge is 0.444 e. The van der Waals surface area contributed by atoms with Gasteiger partial charge in [0.2, 0.25) is 0 Å². The van der Waals surface area contributed by atoms with E-state index >= 15 is 0 Å². The van der Waals surface area contributed by atoms with Gasteiger partial charge in [-0.1, -0.05) is 45.4 Å². The maximum atomic E-state index is 12.1. The molecular weight excluding hydrogens is 438 g/mol. The molecule has 1 N–H and O–H groups in total. The van der Waals surface area contributed by atoms with Crippen LogP contribution in [0.25, 0.3) is 22.5 Å². The molecule has 176 valence electrons. The first kappa shape index (κ1) is 27.7. The first-order valence-electron chi connectivity index (χ1n) is 10.9. The van der Waals surface area contributed by atoms with Gasteiger partial charge in [0.15, 0.2) is 0 Å². The van der Waals surface area contributed by atoms with Crippen molar-refractivity contribution in [2.75, 3.05) is 5.32 Å². The number of anilines is 1. The Labute approximate surface area is 201 Å². The number of nitriles is 1. The topological polar surface area (TPSA) is 92.8 Å². The molecule has 1 amide bonds. The quantitative estimate of drug-likeness (QED) is 0.414. The molecule has 0 saturated carbocycles. The number of imidazole rings is 1. The summed E-state index contributed by atoms with van der Waals surface area (Å²) in [7, 11) is 1.88. The molecule has 2 heterocycles. The van der Waals surface area contributed by atoms with Crippen LogP contribution in [0.15, 0.2) is 42.7 Å². The van der Waals surface area contributed by atoms with Gasteiger partial charge in [0.05, 0.1) is 11.6 Å². The van der Waals surface area contributed by atoms with E-state index in [0.717, 1.165) is 16.7 Å². The van der Waals surface area contributed by atoms with Gasteiger partial charge in [-0.25, -0.2) is 14.8 Å². The van der Waals surface area contributed by atoms with Crippen molar-refractivity contribution in [2.45, 2.75) is 54.1 Å². The van der Waals surface area contributed by atoms with Gasteiger partial charge < -0.3 is 9.30 Å². The zero-order valence-electron chi connectivity index (χ0n) is 20.5. The molecule has 0 unspecified atom stereocenters. The third-order valence-corrected chi connectivity index (χ3v) is 4.14. The Morgan fingerprint density at radius 2 is 1.79 bits per heavy atom. The van der Waals surface area contributed by atoms with Gasteiger partial charge in [-0.05, 0) is 56.2 Å². The van der Waals surface area contributed by atoms with Gasteiger partial charge in [-0.15, -0.1) is 0 Å². The van der Waals surface area contributed by atoms with E-state index in [4.69, 9.17) is 16.3 Å². The third-order valence-electron chi connectivity index (χ3n) is 3.94. The number of aromatic nitrogens is 3. The van der Waals surface area contributed by atoms with Crippen molar-refractivity contribution in [3.05, 3.63) is 53.4 Å². The minimum Gasteiger partial charge on any atom is -0.444 e. The predicted octanol–water partition coefficient (Wildman–Crippen LogP) is 7.07. The van der Waals surface area contributed by atoms with E-state index in [-0.39, 0.29) is 11.0 Å². The highest BCUT2D eigenvalue weighted by atomic mass is 35.5. The summed E-state index contributed by atoms with van der Waals surface area (Å²) in [6, 6.07) is 10.9. The summed E-state index contributed by atoms with van der Waals surface area (Å²) < 4.78 is 7.14. The minimum atomic E-state index is -0.635. The SMILES string of the molecule is CC.CC.Cn1ccnc1-c1cc(C#N)ccc1-c1cc(Cl)nc(NC(=O)OC(C)(C)C)c1. The molecule has 0 spiro atoms. The van der Waals surface area contributed by atoms with E-state index in [1.807, 2.05) is 51.6 Å². The maximum Gasteiger partial charge on any atom is 0.413 e. The Kier molecular flexibility index (Phi) is 10.6. The molecule has 0 fully saturated rings. The van der Waals surface area contributed by atoms with Gasteiger partial charge >= 0.3 is 6.09 Å². The van der Waals surface area contributed by atoms with Crippen LogP contribution in [0.4, 0.5) is 10.6 Å². The van der Waals surface area contributed by atoms with Crippen molar-refractivity contribution in [1.82, 2.24) is 14.5 Å². The number of amides is 1. The number of ether oxygens (including phenoxy) is 1. The molecular formula is C25H32ClN5O2. The summed E-state index contributed by atoms with van der Waals surface area (Å²) in [5.74, 6) is 0.962. The van der Waals surface area contributed by atoms with Crippen LogP contribution in [0.1, 0.15) is 54.0 Å². The monoisotopic (exact) mass is 469 g/mol. The molecule has 7 nitrogen and oxygen atoms in total. The summed E-state index contributed by atoms with van der Waals surface area (Å²) >= 11 is 6.21. The smallest absolute Gasteiger partial charge is 0.413 e. The Morgan fingerprint density at radius 1 is 1.12 bits per heavy atom. The molecule has 2 aromatic heterocycles. The first-order valence-corrected chi connectivity index (χ1v) is 11.2. The molecule has 0 bridgehead atoms. The Bertz CT molecular complexity index is 1110. The average Bonchev–Trinajstić information content (AvgIpc) is 3.20. The van der Waals surface area contributed by atoms with Crippen LogP contribution in [0.3, 0.4) is 0 Å². The number of carbonyl (C=O) groups is 1. The van der Waals surface area contributed by atoms with Crippen LogP contribution in [0, 0.1) is 11.3 Å². The number of hydrogen-bond acceptors (Lipinski definition) is 5. The van der Waals surface area contributed by atoms with Crippen LogP contribution in [0.5, 0.6) is 0 Å². The van der Waals surface area contributed by atoms with Gasteiger partial charge in [0.1, 0.15) is 22.4 Å². The lowest BCUT2D eigenvalue weighted by molar-refractivity contribution is 0.0635. The minimum absolute atomic E-state index is 0.212. The van der Waals surface area contributed by atoms with Crippen molar-refractivity contribution in [3.63, 3.8) is 0 Å². The van der Waals surface area contributed by atoms with E-state index in [9.17, 15) is 10.1 Å². The third kappa shape index (κ3) is 7.92. The molecule has 33 heavy (non-hydrogen) atoms. The van der Waals surface area contributed by atoms with E-state index < -0.39 is 11.7 Å². The zero-order valence-corrected chi connectivity index (χ0v) is 21.3. The Morgan fingerprint density at radius 3 is 2.33 bits per heavy atom. The fourth-order valence-electron chi connectivity index (χ4n) is 2.80. The molecule has 0 saturated heterocycles. The number of hydrogen-bond donors (Lipinski definition) is 1. The van der Waals surface area contributed by atoms with E-state index in [0.29, 0.717) is 11.4 Å². The van der Waals surface area contributed by atoms with Crippen molar-refractivity contribution in [1.29, 1.82) is 5.26 Å². The summed E-state index contributed by atoms with van der Waals surface area (Å²) in [6.07, 6.45) is 2.89. The lowest BCUT2D eigenvalue weighted by Crippen LogP contribution is -2.27. The van der Waals surface area contributed by atoms with Crippen LogP contribution in [0.2, 0.25) is 5.15 Å². The first-order chi connectivity index (χ1) is 15.7. The fraction of sp³-hybridized carbons (Fsp3) is 0.360. The highest BCUT2D eigenvalue weighted by Gasteiger charge is 2.18. The number of nitrogens with one attached hydrogen (secondary N) is 1. The number of rotatable bonds is 3. The molecule has 0 aliphatic carbocycles. The van der Waals surface area contributed by atoms with Crippen molar-refractivity contribution in [2.24, 2.45) is 7.05 Å². The second-order valence-corrected chi connectivity index (χ2v) is 7.81. The Hall–Kier alpha value is -3.37. The van der Waals surface area contributed by atoms with Crippen molar-refractivity contribution < 1.29 is 9.53 Å². The molecule has 3 rings (SSSR count). The second kappa shape index (κ2) is 12.6. The second-order valence-electron chi connectivity index (χ2n) is 7.42. The van der Waals surface area contributed by atoms with E-state index in [1.54, 1.807) is 51.2 Å². The molecule has 8 heteroatoms. The molecule has 1 aromatic carbocycles. The number of benzene rings is 1. The van der Waals surface area contributed by atoms with Gasteiger partial charge in [0, 0.05) is 25.0 Å². The summed E-state index contributed by atoms with van der Waals surface area (Å²) in [4.78, 5) is 20.7. The summed E-state index contributed by atoms with van der Waals surface area (Å²) in [5, 5.41) is 12.1. The number of aryl methyl sites for hydroxylation is 1. The molecule has 0 aliphatic rings. The highest BCUT2D eigenvalue weighted by Crippen LogP contribution is 2.34. The number of pyridine rings is 1. The average molecular weight is 470 g/mol.